The molecule has 0 amide bonds. The highest BCUT2D eigenvalue weighted by Crippen LogP contribution is 2.60. The van der Waals surface area contributed by atoms with Gasteiger partial charge in [0.05, 0.1) is 17.8 Å². The first-order chi connectivity index (χ1) is 14.0. The third-order valence-corrected chi connectivity index (χ3v) is 8.33. The van der Waals surface area contributed by atoms with E-state index >= 15 is 0 Å². The van der Waals surface area contributed by atoms with Crippen LogP contribution in [-0.2, 0) is 0 Å². The first kappa shape index (κ1) is 23.8. The van der Waals surface area contributed by atoms with Crippen molar-refractivity contribution in [3.63, 3.8) is 0 Å². The zero-order chi connectivity index (χ0) is 22.1. The van der Waals surface area contributed by atoms with Gasteiger partial charge >= 0.3 is 0 Å². The van der Waals surface area contributed by atoms with Gasteiger partial charge in [-0.2, -0.15) is 0 Å². The number of aliphatic hydroxyl groups is 3. The summed E-state index contributed by atoms with van der Waals surface area (Å²) in [6.07, 6.45) is 13.4. The lowest BCUT2D eigenvalue weighted by molar-refractivity contribution is 0.0600. The van der Waals surface area contributed by atoms with Crippen LogP contribution in [0.15, 0.2) is 35.5 Å². The van der Waals surface area contributed by atoms with Crippen molar-refractivity contribution in [3.05, 3.63) is 35.5 Å². The molecule has 3 rings (SSSR count). The van der Waals surface area contributed by atoms with E-state index < -0.39 is 17.8 Å². The Bertz CT molecular complexity index is 671. The zero-order valence-corrected chi connectivity index (χ0v) is 19.7. The van der Waals surface area contributed by atoms with Crippen molar-refractivity contribution in [3.8, 4) is 0 Å². The Hall–Kier alpha value is -0.900. The maximum absolute atomic E-state index is 10.0. The molecule has 0 aromatic rings. The van der Waals surface area contributed by atoms with Gasteiger partial charge in [-0.05, 0) is 94.0 Å². The van der Waals surface area contributed by atoms with Crippen molar-refractivity contribution < 1.29 is 15.3 Å². The van der Waals surface area contributed by atoms with E-state index in [1.807, 2.05) is 13.8 Å². The van der Waals surface area contributed by atoms with Crippen LogP contribution < -0.4 is 0 Å². The van der Waals surface area contributed by atoms with Crippen molar-refractivity contribution in [1.29, 1.82) is 0 Å². The molecule has 3 nitrogen and oxygen atoms in total. The molecule has 3 aliphatic carbocycles. The summed E-state index contributed by atoms with van der Waals surface area (Å²) in [5.41, 5.74) is 3.61. The van der Waals surface area contributed by atoms with E-state index in [1.54, 1.807) is 0 Å². The van der Waals surface area contributed by atoms with Crippen LogP contribution in [0.2, 0.25) is 0 Å². The first-order valence-corrected chi connectivity index (χ1v) is 12.2. The van der Waals surface area contributed by atoms with Crippen LogP contribution in [0, 0.1) is 23.2 Å². The highest BCUT2D eigenvalue weighted by Gasteiger charge is 2.51. The predicted molar refractivity (Wildman–Crippen MR) is 124 cm³/mol. The van der Waals surface area contributed by atoms with Gasteiger partial charge in [-0.1, -0.05) is 56.6 Å². The Kier molecular flexibility index (Phi) is 7.37. The molecule has 30 heavy (non-hydrogen) atoms. The van der Waals surface area contributed by atoms with Crippen LogP contribution in [-0.4, -0.2) is 33.1 Å². The maximum atomic E-state index is 10.0. The molecule has 6 atom stereocenters. The average molecular weight is 417 g/mol. The Morgan fingerprint density at radius 3 is 2.47 bits per heavy atom. The number of hydrogen-bond donors (Lipinski definition) is 3. The van der Waals surface area contributed by atoms with Crippen LogP contribution in [0.5, 0.6) is 0 Å². The molecule has 0 bridgehead atoms. The molecule has 0 saturated heterocycles. The molecule has 0 aromatic carbocycles. The van der Waals surface area contributed by atoms with Gasteiger partial charge in [0.15, 0.2) is 0 Å². The van der Waals surface area contributed by atoms with Crippen LogP contribution >= 0.6 is 0 Å². The molecule has 3 aliphatic rings. The summed E-state index contributed by atoms with van der Waals surface area (Å²) in [6.45, 7) is 13.1. The highest BCUT2D eigenvalue weighted by molar-refractivity contribution is 5.40. The Labute approximate surface area is 184 Å². The van der Waals surface area contributed by atoms with Crippen molar-refractivity contribution >= 4 is 0 Å². The monoisotopic (exact) mass is 416 g/mol. The second-order valence-electron chi connectivity index (χ2n) is 11.4. The topological polar surface area (TPSA) is 60.7 Å². The number of allylic oxidation sites excluding steroid dienone is 4. The second kappa shape index (κ2) is 9.30. The largest absolute Gasteiger partial charge is 0.393 e. The molecular formula is C27H44O3. The molecule has 0 heterocycles. The number of fused-ring (bicyclic) bond motifs is 1. The molecule has 170 valence electrons. The lowest BCUT2D eigenvalue weighted by Crippen LogP contribution is -2.36. The average Bonchev–Trinajstić information content (AvgIpc) is 2.97. The van der Waals surface area contributed by atoms with Gasteiger partial charge in [-0.25, -0.2) is 0 Å². The fourth-order valence-electron chi connectivity index (χ4n) is 6.68. The van der Waals surface area contributed by atoms with Crippen LogP contribution in [0.4, 0.5) is 0 Å². The normalized spacial score (nSPS) is 37.4. The molecule has 3 N–H and O–H groups in total. The number of rotatable bonds is 6. The van der Waals surface area contributed by atoms with Crippen molar-refractivity contribution in [2.45, 2.75) is 110 Å². The summed E-state index contributed by atoms with van der Waals surface area (Å²) >= 11 is 0. The van der Waals surface area contributed by atoms with E-state index in [0.717, 1.165) is 30.8 Å². The third-order valence-electron chi connectivity index (χ3n) is 8.33. The smallest absolute Gasteiger partial charge is 0.0602 e. The molecule has 3 heteroatoms. The second-order valence-corrected chi connectivity index (χ2v) is 11.4. The molecule has 0 aliphatic heterocycles. The van der Waals surface area contributed by atoms with E-state index in [9.17, 15) is 15.3 Å². The lowest BCUT2D eigenvalue weighted by atomic mass is 9.59. The maximum Gasteiger partial charge on any atom is 0.0602 e. The van der Waals surface area contributed by atoms with Gasteiger partial charge in [0, 0.05) is 0 Å². The minimum atomic E-state index is -0.561. The van der Waals surface area contributed by atoms with Crippen molar-refractivity contribution in [2.24, 2.45) is 23.2 Å². The summed E-state index contributed by atoms with van der Waals surface area (Å²) < 4.78 is 0. The van der Waals surface area contributed by atoms with Crippen LogP contribution in [0.1, 0.15) is 91.9 Å². The molecular weight excluding hydrogens is 372 g/mol. The Balaban J connectivity index is 1.72. The highest BCUT2D eigenvalue weighted by atomic mass is 16.3. The van der Waals surface area contributed by atoms with Gasteiger partial charge in [-0.3, -0.25) is 0 Å². The van der Waals surface area contributed by atoms with Gasteiger partial charge in [0.1, 0.15) is 0 Å². The molecule has 3 saturated carbocycles. The molecule has 0 spiro atoms. The Morgan fingerprint density at radius 1 is 1.17 bits per heavy atom. The van der Waals surface area contributed by atoms with Crippen LogP contribution in [0.25, 0.3) is 0 Å². The minimum absolute atomic E-state index is 0.325. The summed E-state index contributed by atoms with van der Waals surface area (Å²) in [6, 6.07) is 0. The van der Waals surface area contributed by atoms with Crippen molar-refractivity contribution in [2.75, 3.05) is 0 Å². The quantitative estimate of drug-likeness (QED) is 0.520. The predicted octanol–water partition coefficient (Wildman–Crippen LogP) is 5.70. The molecule has 0 unspecified atom stereocenters. The van der Waals surface area contributed by atoms with Gasteiger partial charge in [-0.15, -0.1) is 0 Å². The van der Waals surface area contributed by atoms with Gasteiger partial charge in [0.2, 0.25) is 0 Å². The van der Waals surface area contributed by atoms with Crippen LogP contribution in [0.3, 0.4) is 0 Å². The fourth-order valence-corrected chi connectivity index (χ4v) is 6.68. The van der Waals surface area contributed by atoms with E-state index in [1.165, 1.54) is 36.8 Å². The standard InChI is InChI=1S/C27H44O3/c1-18-12-14-27(5)24(19(2)7-6-13-26(3,4)30)10-11-25(27)23(18)9-8-20-15-21(28)17-22(29)16-20/h8-9,19,21-22,24-25,28-30H,1,6-7,10-17H2,2-5H3/b23-9-/t19-,21-,22-,24-,25+,27-/m1/s1. The zero-order valence-electron chi connectivity index (χ0n) is 19.7. The number of aliphatic hydroxyl groups excluding tert-OH is 2. The third kappa shape index (κ3) is 5.47. The van der Waals surface area contributed by atoms with E-state index in [-0.39, 0.29) is 0 Å². The first-order valence-electron chi connectivity index (χ1n) is 12.2. The Morgan fingerprint density at radius 2 is 1.83 bits per heavy atom. The summed E-state index contributed by atoms with van der Waals surface area (Å²) in [5.74, 6) is 1.97. The molecule has 0 radical (unpaired) electrons. The fraction of sp³-hybridized carbons (Fsp3) is 0.778. The van der Waals surface area contributed by atoms with Gasteiger partial charge < -0.3 is 15.3 Å². The SMILES string of the molecule is C=C1CC[C@]2(C)[C@@H]([C@H](C)CCCC(C)(C)O)CC[C@H]2/C1=C\C=C1C[C@@H](O)C[C@H](O)C1. The van der Waals surface area contributed by atoms with Crippen molar-refractivity contribution in [1.82, 2.24) is 0 Å². The van der Waals surface area contributed by atoms with E-state index in [4.69, 9.17) is 0 Å². The minimum Gasteiger partial charge on any atom is -0.393 e. The lowest BCUT2D eigenvalue weighted by Gasteiger charge is -2.45. The molecule has 0 aromatic heterocycles. The summed E-state index contributed by atoms with van der Waals surface area (Å²) in [4.78, 5) is 0. The summed E-state index contributed by atoms with van der Waals surface area (Å²) in [7, 11) is 0. The van der Waals surface area contributed by atoms with E-state index in [0.29, 0.717) is 36.5 Å². The molecule has 3 fully saturated rings. The number of hydrogen-bond acceptors (Lipinski definition) is 3. The van der Waals surface area contributed by atoms with E-state index in [2.05, 4.69) is 32.6 Å². The van der Waals surface area contributed by atoms with Gasteiger partial charge in [0.25, 0.3) is 0 Å². The summed E-state index contributed by atoms with van der Waals surface area (Å²) in [5, 5.41) is 30.0.